The van der Waals surface area contributed by atoms with Crippen LogP contribution in [0.15, 0.2) is 67.0 Å². The van der Waals surface area contributed by atoms with Crippen molar-refractivity contribution in [3.8, 4) is 5.75 Å². The van der Waals surface area contributed by atoms with Gasteiger partial charge in [-0.1, -0.05) is 17.7 Å². The third-order valence-electron chi connectivity index (χ3n) is 4.67. The average molecular weight is 422 g/mol. The highest BCUT2D eigenvalue weighted by Gasteiger charge is 2.12. The van der Waals surface area contributed by atoms with Gasteiger partial charge in [0.1, 0.15) is 11.6 Å². The highest BCUT2D eigenvalue weighted by Crippen LogP contribution is 2.29. The van der Waals surface area contributed by atoms with E-state index in [9.17, 15) is 4.79 Å². The first kappa shape index (κ1) is 19.6. The summed E-state index contributed by atoms with van der Waals surface area (Å²) in [5.74, 6) is 1.01. The molecule has 0 bridgehead atoms. The van der Waals surface area contributed by atoms with E-state index in [2.05, 4.69) is 20.2 Å². The van der Waals surface area contributed by atoms with Crippen LogP contribution in [0.3, 0.4) is 0 Å². The Kier molecular flexibility index (Phi) is 5.45. The first-order valence-corrected chi connectivity index (χ1v) is 9.61. The highest BCUT2D eigenvalue weighted by atomic mass is 35.5. The SMILES string of the molecule is COc1ccc(Cl)cc1NC(=O)Nc1cccc2c1ccn2Cc1ccnc(N)c1. The van der Waals surface area contributed by atoms with Gasteiger partial charge in [0.05, 0.1) is 24.0 Å². The molecule has 4 rings (SSSR count). The molecule has 0 fully saturated rings. The number of nitrogens with zero attached hydrogens (tertiary/aromatic N) is 2. The Morgan fingerprint density at radius 2 is 1.97 bits per heavy atom. The fourth-order valence-corrected chi connectivity index (χ4v) is 3.49. The molecule has 0 spiro atoms. The molecule has 0 atom stereocenters. The van der Waals surface area contributed by atoms with E-state index < -0.39 is 6.03 Å². The van der Waals surface area contributed by atoms with Crippen molar-refractivity contribution in [3.63, 3.8) is 0 Å². The Labute approximate surface area is 178 Å². The molecule has 7 nitrogen and oxygen atoms in total. The lowest BCUT2D eigenvalue weighted by Gasteiger charge is -2.12. The number of halogens is 1. The van der Waals surface area contributed by atoms with Crippen LogP contribution in [0.5, 0.6) is 5.75 Å². The van der Waals surface area contributed by atoms with Crippen molar-refractivity contribution in [2.75, 3.05) is 23.5 Å². The molecule has 0 saturated heterocycles. The molecule has 2 amide bonds. The van der Waals surface area contributed by atoms with Crippen LogP contribution in [-0.2, 0) is 6.54 Å². The van der Waals surface area contributed by atoms with Gasteiger partial charge in [-0.25, -0.2) is 9.78 Å². The Hall–Kier alpha value is -3.71. The van der Waals surface area contributed by atoms with E-state index in [1.54, 1.807) is 24.4 Å². The van der Waals surface area contributed by atoms with Crippen molar-refractivity contribution < 1.29 is 9.53 Å². The van der Waals surface area contributed by atoms with Crippen LogP contribution in [0, 0.1) is 0 Å². The van der Waals surface area contributed by atoms with Crippen LogP contribution in [0.2, 0.25) is 5.02 Å². The van der Waals surface area contributed by atoms with Crippen LogP contribution in [0.25, 0.3) is 10.9 Å². The van der Waals surface area contributed by atoms with Gasteiger partial charge in [0.15, 0.2) is 0 Å². The van der Waals surface area contributed by atoms with Crippen LogP contribution in [0.1, 0.15) is 5.56 Å². The monoisotopic (exact) mass is 421 g/mol. The summed E-state index contributed by atoms with van der Waals surface area (Å²) in [7, 11) is 1.53. The Morgan fingerprint density at radius 3 is 2.77 bits per heavy atom. The lowest BCUT2D eigenvalue weighted by atomic mass is 10.2. The van der Waals surface area contributed by atoms with Gasteiger partial charge in [-0.15, -0.1) is 0 Å². The number of benzene rings is 2. The zero-order valence-electron chi connectivity index (χ0n) is 16.2. The van der Waals surface area contributed by atoms with E-state index in [4.69, 9.17) is 22.1 Å². The number of amides is 2. The molecule has 152 valence electrons. The van der Waals surface area contributed by atoms with Gasteiger partial charge in [0.25, 0.3) is 0 Å². The predicted molar refractivity (Wildman–Crippen MR) is 120 cm³/mol. The molecule has 0 unspecified atom stereocenters. The zero-order valence-corrected chi connectivity index (χ0v) is 17.0. The smallest absolute Gasteiger partial charge is 0.323 e. The Morgan fingerprint density at radius 1 is 1.13 bits per heavy atom. The number of nitrogens with one attached hydrogen (secondary N) is 2. The number of pyridine rings is 1. The zero-order chi connectivity index (χ0) is 21.1. The molecule has 2 aromatic carbocycles. The fourth-order valence-electron chi connectivity index (χ4n) is 3.31. The van der Waals surface area contributed by atoms with E-state index >= 15 is 0 Å². The third kappa shape index (κ3) is 4.16. The van der Waals surface area contributed by atoms with Crippen LogP contribution >= 0.6 is 11.6 Å². The largest absolute Gasteiger partial charge is 0.495 e. The van der Waals surface area contributed by atoms with Gasteiger partial charge < -0.3 is 25.7 Å². The van der Waals surface area contributed by atoms with E-state index in [1.807, 2.05) is 42.6 Å². The predicted octanol–water partition coefficient (Wildman–Crippen LogP) is 4.97. The lowest BCUT2D eigenvalue weighted by Crippen LogP contribution is -2.20. The summed E-state index contributed by atoms with van der Waals surface area (Å²) in [6.45, 7) is 0.644. The average Bonchev–Trinajstić information content (AvgIpc) is 3.12. The molecule has 4 N–H and O–H groups in total. The van der Waals surface area contributed by atoms with Crippen molar-refractivity contribution in [2.45, 2.75) is 6.54 Å². The van der Waals surface area contributed by atoms with E-state index in [0.29, 0.717) is 34.5 Å². The van der Waals surface area contributed by atoms with Crippen LogP contribution in [0.4, 0.5) is 22.0 Å². The topological polar surface area (TPSA) is 94.2 Å². The molecular formula is C22H20ClN5O2. The minimum absolute atomic E-state index is 0.391. The normalized spacial score (nSPS) is 10.7. The highest BCUT2D eigenvalue weighted by molar-refractivity contribution is 6.31. The van der Waals surface area contributed by atoms with Crippen molar-refractivity contribution >= 4 is 45.7 Å². The maximum absolute atomic E-state index is 12.6. The van der Waals surface area contributed by atoms with Gasteiger partial charge in [0, 0.05) is 29.3 Å². The number of methoxy groups -OCH3 is 1. The van der Waals surface area contributed by atoms with Crippen LogP contribution < -0.4 is 21.1 Å². The van der Waals surface area contributed by atoms with Gasteiger partial charge in [0.2, 0.25) is 0 Å². The second-order valence-electron chi connectivity index (χ2n) is 6.69. The number of fused-ring (bicyclic) bond motifs is 1. The molecule has 0 aliphatic heterocycles. The third-order valence-corrected chi connectivity index (χ3v) is 4.91. The lowest BCUT2D eigenvalue weighted by molar-refractivity contribution is 0.262. The number of rotatable bonds is 5. The number of urea groups is 1. The summed E-state index contributed by atoms with van der Waals surface area (Å²) >= 11 is 6.03. The van der Waals surface area contributed by atoms with Crippen molar-refractivity contribution in [1.82, 2.24) is 9.55 Å². The molecule has 8 heteroatoms. The number of nitrogen functional groups attached to an aromatic ring is 1. The van der Waals surface area contributed by atoms with Crippen molar-refractivity contribution in [1.29, 1.82) is 0 Å². The molecule has 0 saturated carbocycles. The first-order chi connectivity index (χ1) is 14.5. The number of aromatic nitrogens is 2. The van der Waals surface area contributed by atoms with Crippen molar-refractivity contribution in [3.05, 3.63) is 77.6 Å². The van der Waals surface area contributed by atoms with E-state index in [1.165, 1.54) is 7.11 Å². The summed E-state index contributed by atoms with van der Waals surface area (Å²) in [6.07, 6.45) is 3.67. The quantitative estimate of drug-likeness (QED) is 0.424. The molecule has 0 aliphatic rings. The Bertz CT molecular complexity index is 1220. The number of carbonyl (C=O) groups excluding carboxylic acids is 1. The molecule has 30 heavy (non-hydrogen) atoms. The number of hydrogen-bond acceptors (Lipinski definition) is 4. The number of ether oxygens (including phenoxy) is 1. The Balaban J connectivity index is 1.56. The molecule has 0 aliphatic carbocycles. The summed E-state index contributed by atoms with van der Waals surface area (Å²) in [5, 5.41) is 7.11. The number of hydrogen-bond donors (Lipinski definition) is 3. The van der Waals surface area contributed by atoms with Crippen molar-refractivity contribution in [2.24, 2.45) is 0 Å². The number of anilines is 3. The summed E-state index contributed by atoms with van der Waals surface area (Å²) in [5.41, 5.74) is 9.00. The molecule has 0 radical (unpaired) electrons. The first-order valence-electron chi connectivity index (χ1n) is 9.23. The summed E-state index contributed by atoms with van der Waals surface area (Å²) in [6, 6.07) is 16.1. The molecule has 4 aromatic rings. The van der Waals surface area contributed by atoms with Gasteiger partial charge in [-0.2, -0.15) is 0 Å². The van der Waals surface area contributed by atoms with Gasteiger partial charge >= 0.3 is 6.03 Å². The molecule has 2 aromatic heterocycles. The number of carbonyl (C=O) groups is 1. The minimum atomic E-state index is -0.391. The molecule has 2 heterocycles. The standard InChI is InChI=1S/C22H20ClN5O2/c1-30-20-6-5-15(23)12-18(20)27-22(29)26-17-3-2-4-19-16(17)8-10-28(19)13-14-7-9-25-21(24)11-14/h2-12H,13H2,1H3,(H2,24,25)(H2,26,27,29). The second-order valence-corrected chi connectivity index (χ2v) is 7.13. The maximum Gasteiger partial charge on any atom is 0.323 e. The maximum atomic E-state index is 12.6. The number of nitrogens with two attached hydrogens (primary N) is 1. The summed E-state index contributed by atoms with van der Waals surface area (Å²) in [4.78, 5) is 16.6. The summed E-state index contributed by atoms with van der Waals surface area (Å²) < 4.78 is 7.36. The fraction of sp³-hybridized carbons (Fsp3) is 0.0909. The van der Waals surface area contributed by atoms with E-state index in [0.717, 1.165) is 16.5 Å². The molecular weight excluding hydrogens is 402 g/mol. The van der Waals surface area contributed by atoms with Crippen LogP contribution in [-0.4, -0.2) is 22.7 Å². The minimum Gasteiger partial charge on any atom is -0.495 e. The van der Waals surface area contributed by atoms with E-state index in [-0.39, 0.29) is 0 Å². The second kappa shape index (κ2) is 8.34. The van der Waals surface area contributed by atoms with Gasteiger partial charge in [-0.05, 0) is 54.1 Å². The van der Waals surface area contributed by atoms with Gasteiger partial charge in [-0.3, -0.25) is 0 Å².